The lowest BCUT2D eigenvalue weighted by Crippen LogP contribution is -2.09. The maximum atomic E-state index is 11.5. The Bertz CT molecular complexity index is 928. The van der Waals surface area contributed by atoms with Crippen LogP contribution < -0.4 is 5.56 Å². The van der Waals surface area contributed by atoms with Crippen molar-refractivity contribution in [3.8, 4) is 17.2 Å². The monoisotopic (exact) mass is 278 g/mol. The Kier molecular flexibility index (Phi) is 3.07. The minimum Gasteiger partial charge on any atom is -0.327 e. The molecule has 0 aliphatic carbocycles. The highest BCUT2D eigenvalue weighted by molar-refractivity contribution is 5.67. The highest BCUT2D eigenvalue weighted by atomic mass is 16.1. The molecular weight excluding hydrogens is 264 g/mol. The van der Waals surface area contributed by atoms with E-state index in [-0.39, 0.29) is 11.1 Å². The molecule has 0 aliphatic heterocycles. The van der Waals surface area contributed by atoms with Gasteiger partial charge in [0.2, 0.25) is 0 Å². The molecule has 0 saturated carbocycles. The highest BCUT2D eigenvalue weighted by Gasteiger charge is 2.09. The van der Waals surface area contributed by atoms with E-state index in [2.05, 4.69) is 23.0 Å². The number of pyridine rings is 2. The zero-order valence-electron chi connectivity index (χ0n) is 11.8. The van der Waals surface area contributed by atoms with E-state index in [9.17, 15) is 4.79 Å². The number of H-pyrrole nitrogens is 1. The predicted molar refractivity (Wildman–Crippen MR) is 80.1 cm³/mol. The van der Waals surface area contributed by atoms with E-state index >= 15 is 0 Å². The second-order valence-electron chi connectivity index (χ2n) is 4.96. The molecule has 0 saturated heterocycles. The maximum absolute atomic E-state index is 11.5. The summed E-state index contributed by atoms with van der Waals surface area (Å²) in [5, 5.41) is 8.98. The smallest absolute Gasteiger partial charge is 0.265 e. The van der Waals surface area contributed by atoms with Crippen molar-refractivity contribution in [2.45, 2.75) is 20.3 Å². The first kappa shape index (κ1) is 13.1. The Balaban J connectivity index is 2.25. The Labute approximate surface area is 121 Å². The van der Waals surface area contributed by atoms with Gasteiger partial charge >= 0.3 is 0 Å². The zero-order chi connectivity index (χ0) is 15.0. The normalized spacial score (nSPS) is 10.7. The number of nitrogens with one attached hydrogen (secondary N) is 1. The molecule has 0 radical (unpaired) electrons. The summed E-state index contributed by atoms with van der Waals surface area (Å²) < 4.78 is 1.99. The van der Waals surface area contributed by atoms with E-state index < -0.39 is 0 Å². The van der Waals surface area contributed by atoms with Gasteiger partial charge in [-0.15, -0.1) is 0 Å². The Morgan fingerprint density at radius 1 is 1.33 bits per heavy atom. The van der Waals surface area contributed by atoms with Crippen molar-refractivity contribution in [3.05, 3.63) is 57.9 Å². The number of hydrogen-bond donors (Lipinski definition) is 1. The van der Waals surface area contributed by atoms with Gasteiger partial charge in [-0.25, -0.2) is 4.98 Å². The van der Waals surface area contributed by atoms with Crippen LogP contribution in [0.15, 0.2) is 35.5 Å². The lowest BCUT2D eigenvalue weighted by Gasteiger charge is -2.07. The fourth-order valence-corrected chi connectivity index (χ4v) is 2.44. The first-order valence-electron chi connectivity index (χ1n) is 6.74. The summed E-state index contributed by atoms with van der Waals surface area (Å²) in [5.41, 5.74) is 4.55. The van der Waals surface area contributed by atoms with E-state index in [0.29, 0.717) is 0 Å². The second-order valence-corrected chi connectivity index (χ2v) is 4.96. The number of imidazole rings is 1. The van der Waals surface area contributed by atoms with Crippen molar-refractivity contribution >= 4 is 5.65 Å². The third-order valence-corrected chi connectivity index (χ3v) is 3.49. The Hall–Kier alpha value is -2.87. The van der Waals surface area contributed by atoms with Crippen LogP contribution in [-0.2, 0) is 6.42 Å². The molecule has 5 heteroatoms. The third-order valence-electron chi connectivity index (χ3n) is 3.49. The summed E-state index contributed by atoms with van der Waals surface area (Å²) >= 11 is 0. The third kappa shape index (κ3) is 2.21. The molecule has 1 N–H and O–H groups in total. The maximum Gasteiger partial charge on any atom is 0.265 e. The number of hydrogen-bond acceptors (Lipinski definition) is 3. The minimum absolute atomic E-state index is 0.118. The van der Waals surface area contributed by atoms with Gasteiger partial charge in [0, 0.05) is 29.7 Å². The van der Waals surface area contributed by atoms with Crippen LogP contribution in [0.25, 0.3) is 16.8 Å². The van der Waals surface area contributed by atoms with Crippen LogP contribution in [0, 0.1) is 18.3 Å². The lowest BCUT2D eigenvalue weighted by atomic mass is 10.0. The van der Waals surface area contributed by atoms with Crippen LogP contribution in [0.5, 0.6) is 0 Å². The number of fused-ring (bicyclic) bond motifs is 1. The minimum atomic E-state index is -0.364. The van der Waals surface area contributed by atoms with Gasteiger partial charge in [-0.05, 0) is 31.0 Å². The van der Waals surface area contributed by atoms with Gasteiger partial charge in [0.1, 0.15) is 17.3 Å². The van der Waals surface area contributed by atoms with Gasteiger partial charge in [-0.3, -0.25) is 4.79 Å². The zero-order valence-corrected chi connectivity index (χ0v) is 11.8. The molecule has 3 heterocycles. The fraction of sp³-hybridized carbons (Fsp3) is 0.188. The van der Waals surface area contributed by atoms with Crippen molar-refractivity contribution in [2.75, 3.05) is 0 Å². The highest BCUT2D eigenvalue weighted by Crippen LogP contribution is 2.23. The molecule has 0 aliphatic rings. The Morgan fingerprint density at radius 3 is 2.86 bits per heavy atom. The molecule has 0 unspecified atom stereocenters. The molecular formula is C16H14N4O. The van der Waals surface area contributed by atoms with E-state index in [1.165, 1.54) is 0 Å². The van der Waals surface area contributed by atoms with Gasteiger partial charge in [0.15, 0.2) is 0 Å². The Morgan fingerprint density at radius 2 is 2.14 bits per heavy atom. The summed E-state index contributed by atoms with van der Waals surface area (Å²) in [6, 6.07) is 5.58. The fourth-order valence-electron chi connectivity index (χ4n) is 2.44. The van der Waals surface area contributed by atoms with Crippen LogP contribution in [-0.4, -0.2) is 14.4 Å². The average molecular weight is 278 g/mol. The summed E-state index contributed by atoms with van der Waals surface area (Å²) in [6.07, 6.45) is 6.42. The van der Waals surface area contributed by atoms with Crippen LogP contribution in [0.4, 0.5) is 0 Å². The lowest BCUT2D eigenvalue weighted by molar-refractivity contribution is 1.08. The van der Waals surface area contributed by atoms with Crippen LogP contribution in [0.3, 0.4) is 0 Å². The predicted octanol–water partition coefficient (Wildman–Crippen LogP) is 2.43. The SMILES string of the molecule is CCc1cc(-c2c[nH]c(=O)c(C#N)c2)cn2cc(C)nc12. The van der Waals surface area contributed by atoms with E-state index in [1.807, 2.05) is 29.8 Å². The van der Waals surface area contributed by atoms with Gasteiger partial charge in [-0.2, -0.15) is 5.26 Å². The number of aromatic amines is 1. The van der Waals surface area contributed by atoms with Gasteiger partial charge in [0.25, 0.3) is 5.56 Å². The number of aryl methyl sites for hydroxylation is 2. The van der Waals surface area contributed by atoms with E-state index in [0.717, 1.165) is 34.5 Å². The van der Waals surface area contributed by atoms with E-state index in [4.69, 9.17) is 5.26 Å². The van der Waals surface area contributed by atoms with Crippen molar-refractivity contribution in [1.29, 1.82) is 5.26 Å². The second kappa shape index (κ2) is 4.91. The number of nitriles is 1. The van der Waals surface area contributed by atoms with Crippen molar-refractivity contribution in [1.82, 2.24) is 14.4 Å². The van der Waals surface area contributed by atoms with Crippen molar-refractivity contribution in [3.63, 3.8) is 0 Å². The van der Waals surface area contributed by atoms with Gasteiger partial charge in [0.05, 0.1) is 5.69 Å². The first-order chi connectivity index (χ1) is 10.1. The van der Waals surface area contributed by atoms with E-state index in [1.54, 1.807) is 12.3 Å². The number of aromatic nitrogens is 3. The largest absolute Gasteiger partial charge is 0.327 e. The molecule has 5 nitrogen and oxygen atoms in total. The van der Waals surface area contributed by atoms with Crippen molar-refractivity contribution < 1.29 is 0 Å². The molecule has 21 heavy (non-hydrogen) atoms. The molecule has 3 rings (SSSR count). The summed E-state index contributed by atoms with van der Waals surface area (Å²) in [4.78, 5) is 18.6. The molecule has 0 amide bonds. The molecule has 0 bridgehead atoms. The summed E-state index contributed by atoms with van der Waals surface area (Å²) in [5.74, 6) is 0. The molecule has 0 atom stereocenters. The standard InChI is InChI=1S/C16H14N4O/c1-3-11-4-14(9-20-8-10(2)19-15(11)20)13-5-12(6-17)16(21)18-7-13/h4-5,7-9H,3H2,1-2H3,(H,18,21). The molecule has 0 spiro atoms. The number of nitrogens with zero attached hydrogens (tertiary/aromatic N) is 3. The quantitative estimate of drug-likeness (QED) is 0.782. The average Bonchev–Trinajstić information content (AvgIpc) is 2.86. The topological polar surface area (TPSA) is 74.0 Å². The molecule has 0 aromatic carbocycles. The molecule has 3 aromatic rings. The summed E-state index contributed by atoms with van der Waals surface area (Å²) in [6.45, 7) is 4.04. The molecule has 3 aromatic heterocycles. The number of rotatable bonds is 2. The summed E-state index contributed by atoms with van der Waals surface area (Å²) in [7, 11) is 0. The van der Waals surface area contributed by atoms with Crippen LogP contribution in [0.1, 0.15) is 23.7 Å². The molecule has 104 valence electrons. The van der Waals surface area contributed by atoms with Crippen molar-refractivity contribution in [2.24, 2.45) is 0 Å². The van der Waals surface area contributed by atoms with Gasteiger partial charge < -0.3 is 9.38 Å². The molecule has 0 fully saturated rings. The van der Waals surface area contributed by atoms with Crippen LogP contribution in [0.2, 0.25) is 0 Å². The van der Waals surface area contributed by atoms with Gasteiger partial charge in [-0.1, -0.05) is 6.92 Å². The van der Waals surface area contributed by atoms with Crippen LogP contribution >= 0.6 is 0 Å². The first-order valence-corrected chi connectivity index (χ1v) is 6.74.